The van der Waals surface area contributed by atoms with E-state index in [9.17, 15) is 4.79 Å². The minimum absolute atomic E-state index is 0.0552. The Hall–Kier alpha value is -1.10. The average Bonchev–Trinajstić information content (AvgIpc) is 2.36. The zero-order valence-corrected chi connectivity index (χ0v) is 12.1. The molecule has 0 saturated carbocycles. The predicted molar refractivity (Wildman–Crippen MR) is 77.5 cm³/mol. The van der Waals surface area contributed by atoms with E-state index in [2.05, 4.69) is 0 Å². The van der Waals surface area contributed by atoms with Gasteiger partial charge in [0.2, 0.25) is 0 Å². The number of halogens is 1. The summed E-state index contributed by atoms with van der Waals surface area (Å²) in [4.78, 5) is 15.3. The number of hydrogen-bond donors (Lipinski definition) is 1. The molecule has 2 nitrogen and oxygen atoms in total. The molecule has 3 rings (SSSR count). The smallest absolute Gasteiger partial charge is 0.307 e. The van der Waals surface area contributed by atoms with Crippen LogP contribution >= 0.6 is 35.1 Å². The van der Waals surface area contributed by atoms with Gasteiger partial charge in [-0.2, -0.15) is 0 Å². The molecule has 0 saturated heterocycles. The van der Waals surface area contributed by atoms with E-state index < -0.39 is 5.97 Å². The van der Waals surface area contributed by atoms with Gasteiger partial charge in [-0.05, 0) is 29.8 Å². The van der Waals surface area contributed by atoms with Gasteiger partial charge in [-0.25, -0.2) is 0 Å². The molecule has 0 atom stereocenters. The third-order valence-electron chi connectivity index (χ3n) is 2.74. The molecule has 0 aliphatic carbocycles. The maximum absolute atomic E-state index is 10.9. The first-order valence-electron chi connectivity index (χ1n) is 5.62. The van der Waals surface area contributed by atoms with E-state index >= 15 is 0 Å². The van der Waals surface area contributed by atoms with E-state index in [0.717, 1.165) is 30.2 Å². The molecule has 5 heteroatoms. The minimum atomic E-state index is -0.805. The van der Waals surface area contributed by atoms with E-state index in [1.54, 1.807) is 23.5 Å². The Balaban J connectivity index is 2.04. The summed E-state index contributed by atoms with van der Waals surface area (Å²) in [6, 6.07) is 11.6. The summed E-state index contributed by atoms with van der Waals surface area (Å²) < 4.78 is 0. The zero-order valence-electron chi connectivity index (χ0n) is 9.72. The maximum Gasteiger partial charge on any atom is 0.307 e. The molecule has 0 unspecified atom stereocenters. The van der Waals surface area contributed by atoms with Crippen molar-refractivity contribution in [2.45, 2.75) is 26.0 Å². The van der Waals surface area contributed by atoms with Crippen LogP contribution in [0.4, 0.5) is 0 Å². The summed E-state index contributed by atoms with van der Waals surface area (Å²) in [7, 11) is 0. The van der Waals surface area contributed by atoms with Crippen LogP contribution in [0.3, 0.4) is 0 Å². The van der Waals surface area contributed by atoms with Gasteiger partial charge in [0.05, 0.1) is 6.42 Å². The first-order valence-corrected chi connectivity index (χ1v) is 7.63. The fraction of sp³-hybridized carbons (Fsp3) is 0.0714. The Bertz CT molecular complexity index is 670. The van der Waals surface area contributed by atoms with Crippen LogP contribution < -0.4 is 0 Å². The van der Waals surface area contributed by atoms with Gasteiger partial charge in [0.15, 0.2) is 0 Å². The third kappa shape index (κ3) is 2.61. The second-order valence-electron chi connectivity index (χ2n) is 4.11. The summed E-state index contributed by atoms with van der Waals surface area (Å²) in [5.41, 5.74) is 0.864. The van der Waals surface area contributed by atoms with Gasteiger partial charge in [-0.15, -0.1) is 0 Å². The molecule has 1 aliphatic rings. The molecule has 0 bridgehead atoms. The number of aliphatic carboxylic acids is 1. The largest absolute Gasteiger partial charge is 0.481 e. The summed E-state index contributed by atoms with van der Waals surface area (Å²) in [5, 5.41) is 9.69. The molecule has 19 heavy (non-hydrogen) atoms. The van der Waals surface area contributed by atoms with Crippen LogP contribution in [0, 0.1) is 0 Å². The number of carbonyl (C=O) groups is 1. The Morgan fingerprint density at radius 3 is 2.74 bits per heavy atom. The van der Waals surface area contributed by atoms with Gasteiger partial charge < -0.3 is 5.11 Å². The van der Waals surface area contributed by atoms with Crippen LogP contribution in [-0.2, 0) is 11.2 Å². The van der Waals surface area contributed by atoms with Gasteiger partial charge in [0.25, 0.3) is 0 Å². The zero-order chi connectivity index (χ0) is 13.4. The predicted octanol–water partition coefficient (Wildman–Crippen LogP) is 4.58. The number of benzene rings is 2. The second kappa shape index (κ2) is 5.12. The minimum Gasteiger partial charge on any atom is -0.481 e. The molecule has 2 aromatic rings. The monoisotopic (exact) mass is 308 g/mol. The highest BCUT2D eigenvalue weighted by Gasteiger charge is 2.20. The van der Waals surface area contributed by atoms with E-state index in [-0.39, 0.29) is 6.42 Å². The topological polar surface area (TPSA) is 37.3 Å². The molecular formula is C14H9ClO2S2. The number of hydrogen-bond acceptors (Lipinski definition) is 3. The molecule has 0 spiro atoms. The highest BCUT2D eigenvalue weighted by molar-refractivity contribution is 8.05. The fourth-order valence-electron chi connectivity index (χ4n) is 1.93. The Morgan fingerprint density at radius 2 is 1.95 bits per heavy atom. The molecule has 1 aliphatic heterocycles. The summed E-state index contributed by atoms with van der Waals surface area (Å²) in [5.74, 6) is -0.805. The van der Waals surface area contributed by atoms with Crippen LogP contribution in [0.2, 0.25) is 5.02 Å². The van der Waals surface area contributed by atoms with Crippen LogP contribution in [-0.4, -0.2) is 11.1 Å². The van der Waals surface area contributed by atoms with E-state index in [1.807, 2.05) is 36.4 Å². The molecule has 0 radical (unpaired) electrons. The van der Waals surface area contributed by atoms with E-state index in [0.29, 0.717) is 0 Å². The highest BCUT2D eigenvalue weighted by Crippen LogP contribution is 2.50. The molecule has 0 fully saturated rings. The van der Waals surface area contributed by atoms with Gasteiger partial charge >= 0.3 is 5.97 Å². The van der Waals surface area contributed by atoms with Gasteiger partial charge in [-0.1, -0.05) is 47.3 Å². The number of fused-ring (bicyclic) bond motifs is 2. The molecule has 0 aromatic heterocycles. The second-order valence-corrected chi connectivity index (χ2v) is 6.68. The molecule has 1 heterocycles. The summed E-state index contributed by atoms with van der Waals surface area (Å²) in [6.45, 7) is 0. The van der Waals surface area contributed by atoms with Gasteiger partial charge in [0, 0.05) is 24.6 Å². The highest BCUT2D eigenvalue weighted by atomic mass is 35.5. The molecule has 0 amide bonds. The Morgan fingerprint density at radius 1 is 1.11 bits per heavy atom. The van der Waals surface area contributed by atoms with Gasteiger partial charge in [-0.3, -0.25) is 4.79 Å². The van der Waals surface area contributed by atoms with Crippen molar-refractivity contribution >= 4 is 41.1 Å². The van der Waals surface area contributed by atoms with Crippen LogP contribution in [0.15, 0.2) is 56.0 Å². The van der Waals surface area contributed by atoms with Crippen LogP contribution in [0.1, 0.15) is 5.56 Å². The molecule has 1 N–H and O–H groups in total. The average molecular weight is 309 g/mol. The standard InChI is InChI=1S/C14H9ClO2S2/c15-9-4-5-10-12(7-9)18-11-3-1-2-8(6-13(16)17)14(11)19-10/h1-5,7H,6H2,(H,16,17). The maximum atomic E-state index is 10.9. The van der Waals surface area contributed by atoms with Crippen LogP contribution in [0.5, 0.6) is 0 Å². The molecular weight excluding hydrogens is 300 g/mol. The van der Waals surface area contributed by atoms with Crippen molar-refractivity contribution in [2.24, 2.45) is 0 Å². The lowest BCUT2D eigenvalue weighted by Gasteiger charge is -2.20. The Kier molecular flexibility index (Phi) is 3.48. The van der Waals surface area contributed by atoms with Crippen molar-refractivity contribution < 1.29 is 9.90 Å². The SMILES string of the molecule is O=C(O)Cc1cccc2c1Sc1ccc(Cl)cc1S2. The van der Waals surface area contributed by atoms with Crippen molar-refractivity contribution in [2.75, 3.05) is 0 Å². The van der Waals surface area contributed by atoms with E-state index in [1.165, 1.54) is 0 Å². The van der Waals surface area contributed by atoms with Crippen molar-refractivity contribution in [3.63, 3.8) is 0 Å². The van der Waals surface area contributed by atoms with E-state index in [4.69, 9.17) is 16.7 Å². The lowest BCUT2D eigenvalue weighted by Crippen LogP contribution is -2.03. The van der Waals surface area contributed by atoms with Gasteiger partial charge in [0.1, 0.15) is 0 Å². The lowest BCUT2D eigenvalue weighted by molar-refractivity contribution is -0.136. The number of rotatable bonds is 2. The molecule has 2 aromatic carbocycles. The quantitative estimate of drug-likeness (QED) is 0.751. The normalized spacial score (nSPS) is 12.7. The summed E-state index contributed by atoms with van der Waals surface area (Å²) >= 11 is 9.26. The first-order chi connectivity index (χ1) is 9.13. The fourth-order valence-corrected chi connectivity index (χ4v) is 4.59. The van der Waals surface area contributed by atoms with Crippen molar-refractivity contribution in [3.8, 4) is 0 Å². The number of carboxylic acid groups (broad SMARTS) is 1. The Labute approximate surface area is 124 Å². The number of carboxylic acids is 1. The molecule has 96 valence electrons. The van der Waals surface area contributed by atoms with Crippen LogP contribution in [0.25, 0.3) is 0 Å². The third-order valence-corrected chi connectivity index (χ3v) is 5.61. The van der Waals surface area contributed by atoms with Crippen molar-refractivity contribution in [1.82, 2.24) is 0 Å². The van der Waals surface area contributed by atoms with Crippen molar-refractivity contribution in [1.29, 1.82) is 0 Å². The first kappa shape index (κ1) is 12.9. The lowest BCUT2D eigenvalue weighted by atomic mass is 10.1. The summed E-state index contributed by atoms with van der Waals surface area (Å²) in [6.07, 6.45) is 0.0552. The van der Waals surface area contributed by atoms with Crippen molar-refractivity contribution in [3.05, 3.63) is 47.0 Å².